The SMILES string of the molecule is COCN1c2cc(CCl)ccc2Sc2c(C#N)ccnc21. The van der Waals surface area contributed by atoms with Gasteiger partial charge in [0.05, 0.1) is 16.1 Å². The highest BCUT2D eigenvalue weighted by Crippen LogP contribution is 2.48. The van der Waals surface area contributed by atoms with Gasteiger partial charge in [0.2, 0.25) is 0 Å². The van der Waals surface area contributed by atoms with E-state index in [9.17, 15) is 5.26 Å². The van der Waals surface area contributed by atoms with Gasteiger partial charge in [0, 0.05) is 24.1 Å². The van der Waals surface area contributed by atoms with E-state index in [0.29, 0.717) is 18.2 Å². The second kappa shape index (κ2) is 5.94. The lowest BCUT2D eigenvalue weighted by Crippen LogP contribution is -2.24. The fourth-order valence-corrected chi connectivity index (χ4v) is 3.52. The molecule has 6 heteroatoms. The Balaban J connectivity index is 2.18. The highest BCUT2D eigenvalue weighted by atomic mass is 35.5. The van der Waals surface area contributed by atoms with Gasteiger partial charge in [0.1, 0.15) is 18.6 Å². The number of benzene rings is 1. The van der Waals surface area contributed by atoms with Crippen LogP contribution < -0.4 is 4.90 Å². The summed E-state index contributed by atoms with van der Waals surface area (Å²) in [6.07, 6.45) is 1.65. The van der Waals surface area contributed by atoms with Crippen LogP contribution in [0.4, 0.5) is 11.5 Å². The van der Waals surface area contributed by atoms with Gasteiger partial charge in [-0.25, -0.2) is 4.98 Å². The van der Waals surface area contributed by atoms with Crippen LogP contribution >= 0.6 is 23.4 Å². The third kappa shape index (κ3) is 2.46. The number of aromatic nitrogens is 1. The van der Waals surface area contributed by atoms with E-state index in [-0.39, 0.29) is 0 Å². The highest BCUT2D eigenvalue weighted by Gasteiger charge is 2.26. The first-order valence-electron chi connectivity index (χ1n) is 6.30. The maximum absolute atomic E-state index is 9.28. The van der Waals surface area contributed by atoms with E-state index in [1.165, 1.54) is 0 Å². The average Bonchev–Trinajstić information content (AvgIpc) is 2.54. The van der Waals surface area contributed by atoms with Crippen molar-refractivity contribution in [3.8, 4) is 6.07 Å². The maximum atomic E-state index is 9.28. The zero-order valence-corrected chi connectivity index (χ0v) is 12.9. The van der Waals surface area contributed by atoms with Crippen LogP contribution in [0.2, 0.25) is 0 Å². The van der Waals surface area contributed by atoms with Crippen molar-refractivity contribution in [2.75, 3.05) is 18.7 Å². The van der Waals surface area contributed by atoms with Crippen molar-refractivity contribution in [3.05, 3.63) is 41.6 Å². The lowest BCUT2D eigenvalue weighted by Gasteiger charge is -2.31. The summed E-state index contributed by atoms with van der Waals surface area (Å²) in [6, 6.07) is 10.0. The van der Waals surface area contributed by atoms with Crippen molar-refractivity contribution in [1.29, 1.82) is 5.26 Å². The standard InChI is InChI=1S/C15H12ClN3OS/c1-20-9-19-12-6-10(7-16)2-3-13(12)21-14-11(8-17)4-5-18-15(14)19/h2-6H,7,9H2,1H3. The molecule has 2 heterocycles. The Bertz CT molecular complexity index is 729. The zero-order chi connectivity index (χ0) is 14.8. The molecule has 3 rings (SSSR count). The summed E-state index contributed by atoms with van der Waals surface area (Å²) in [6.45, 7) is 0.369. The molecule has 1 aliphatic rings. The minimum Gasteiger partial charge on any atom is -0.364 e. The van der Waals surface area contributed by atoms with Gasteiger partial charge < -0.3 is 9.64 Å². The minimum atomic E-state index is 0.369. The van der Waals surface area contributed by atoms with Gasteiger partial charge in [-0.1, -0.05) is 17.8 Å². The third-order valence-corrected chi connectivity index (χ3v) is 4.68. The number of ether oxygens (including phenoxy) is 1. The minimum absolute atomic E-state index is 0.369. The van der Waals surface area contributed by atoms with Gasteiger partial charge in [-0.2, -0.15) is 5.26 Å². The van der Waals surface area contributed by atoms with Crippen LogP contribution in [0.15, 0.2) is 40.3 Å². The van der Waals surface area contributed by atoms with Gasteiger partial charge >= 0.3 is 0 Å². The number of alkyl halides is 1. The number of halogens is 1. The van der Waals surface area contributed by atoms with Gasteiger partial charge in [-0.15, -0.1) is 11.6 Å². The molecule has 0 radical (unpaired) electrons. The quantitative estimate of drug-likeness (QED) is 0.804. The van der Waals surface area contributed by atoms with Crippen LogP contribution in [0.5, 0.6) is 0 Å². The average molecular weight is 318 g/mol. The van der Waals surface area contributed by atoms with Crippen molar-refractivity contribution < 1.29 is 4.74 Å². The molecule has 4 nitrogen and oxygen atoms in total. The molecule has 0 atom stereocenters. The van der Waals surface area contributed by atoms with E-state index in [1.54, 1.807) is 31.1 Å². The second-order valence-corrected chi connectivity index (χ2v) is 5.83. The lowest BCUT2D eigenvalue weighted by molar-refractivity contribution is 0.205. The molecule has 0 spiro atoms. The Morgan fingerprint density at radius 2 is 2.29 bits per heavy atom. The molecule has 0 saturated heterocycles. The van der Waals surface area contributed by atoms with Crippen LogP contribution in [0.25, 0.3) is 0 Å². The first-order valence-corrected chi connectivity index (χ1v) is 7.66. The zero-order valence-electron chi connectivity index (χ0n) is 11.3. The number of rotatable bonds is 3. The van der Waals surface area contributed by atoms with E-state index in [2.05, 4.69) is 11.1 Å². The van der Waals surface area contributed by atoms with Crippen molar-refractivity contribution in [2.24, 2.45) is 0 Å². The Morgan fingerprint density at radius 1 is 1.43 bits per heavy atom. The smallest absolute Gasteiger partial charge is 0.150 e. The lowest BCUT2D eigenvalue weighted by atomic mass is 10.2. The molecule has 1 aliphatic heterocycles. The summed E-state index contributed by atoms with van der Waals surface area (Å²) in [5, 5.41) is 9.28. The predicted molar refractivity (Wildman–Crippen MR) is 83.1 cm³/mol. The molecular weight excluding hydrogens is 306 g/mol. The molecule has 106 valence electrons. The third-order valence-electron chi connectivity index (χ3n) is 3.20. The fraction of sp³-hybridized carbons (Fsp3) is 0.200. The largest absolute Gasteiger partial charge is 0.364 e. The Labute approximate surface area is 132 Å². The van der Waals surface area contributed by atoms with Crippen LogP contribution in [-0.4, -0.2) is 18.8 Å². The number of hydrogen-bond acceptors (Lipinski definition) is 5. The molecular formula is C15H12ClN3OS. The molecule has 1 aromatic heterocycles. The second-order valence-electron chi connectivity index (χ2n) is 4.51. The van der Waals surface area contributed by atoms with Gasteiger partial charge in [-0.05, 0) is 23.8 Å². The molecule has 0 N–H and O–H groups in total. The van der Waals surface area contributed by atoms with E-state index in [0.717, 1.165) is 26.9 Å². The van der Waals surface area contributed by atoms with Crippen LogP contribution in [0, 0.1) is 11.3 Å². The van der Waals surface area contributed by atoms with Crippen molar-refractivity contribution in [1.82, 2.24) is 4.98 Å². The molecule has 1 aromatic carbocycles. The highest BCUT2D eigenvalue weighted by molar-refractivity contribution is 7.99. The number of anilines is 2. The number of pyridine rings is 1. The van der Waals surface area contributed by atoms with Gasteiger partial charge in [-0.3, -0.25) is 0 Å². The van der Waals surface area contributed by atoms with E-state index >= 15 is 0 Å². The normalized spacial score (nSPS) is 12.5. The van der Waals surface area contributed by atoms with Gasteiger partial charge in [0.25, 0.3) is 0 Å². The molecule has 0 amide bonds. The van der Waals surface area contributed by atoms with E-state index < -0.39 is 0 Å². The summed E-state index contributed by atoms with van der Waals surface area (Å²) in [5.74, 6) is 1.21. The number of nitrogens with zero attached hydrogens (tertiary/aromatic N) is 3. The summed E-state index contributed by atoms with van der Waals surface area (Å²) < 4.78 is 5.30. The Hall–Kier alpha value is -1.74. The Kier molecular flexibility index (Phi) is 4.02. The molecule has 0 aliphatic carbocycles. The number of fused-ring (bicyclic) bond motifs is 2. The number of hydrogen-bond donors (Lipinski definition) is 0. The molecule has 0 bridgehead atoms. The van der Waals surface area contributed by atoms with E-state index in [1.807, 2.05) is 23.1 Å². The number of methoxy groups -OCH3 is 1. The summed E-state index contributed by atoms with van der Waals surface area (Å²) >= 11 is 7.48. The van der Waals surface area contributed by atoms with Crippen molar-refractivity contribution in [3.63, 3.8) is 0 Å². The summed E-state index contributed by atoms with van der Waals surface area (Å²) in [4.78, 5) is 8.33. The molecule has 2 aromatic rings. The van der Waals surface area contributed by atoms with Crippen molar-refractivity contribution in [2.45, 2.75) is 15.7 Å². The molecule has 0 unspecified atom stereocenters. The van der Waals surface area contributed by atoms with E-state index in [4.69, 9.17) is 16.3 Å². The summed E-state index contributed by atoms with van der Waals surface area (Å²) in [7, 11) is 1.64. The number of nitriles is 1. The molecule has 0 saturated carbocycles. The molecule has 0 fully saturated rings. The van der Waals surface area contributed by atoms with Crippen LogP contribution in [-0.2, 0) is 10.6 Å². The predicted octanol–water partition coefficient (Wildman–Crippen LogP) is 3.90. The van der Waals surface area contributed by atoms with Crippen LogP contribution in [0.1, 0.15) is 11.1 Å². The molecule has 21 heavy (non-hydrogen) atoms. The maximum Gasteiger partial charge on any atom is 0.150 e. The van der Waals surface area contributed by atoms with Crippen LogP contribution in [0.3, 0.4) is 0 Å². The Morgan fingerprint density at radius 3 is 3.00 bits per heavy atom. The van der Waals surface area contributed by atoms with Gasteiger partial charge in [0.15, 0.2) is 0 Å². The summed E-state index contributed by atoms with van der Waals surface area (Å²) in [5.41, 5.74) is 2.67. The first-order chi connectivity index (χ1) is 10.3. The fourth-order valence-electron chi connectivity index (χ4n) is 2.25. The topological polar surface area (TPSA) is 49.1 Å². The van der Waals surface area contributed by atoms with Crippen molar-refractivity contribution >= 4 is 34.9 Å². The monoisotopic (exact) mass is 317 g/mol. The first kappa shape index (κ1) is 14.2.